The van der Waals surface area contributed by atoms with Gasteiger partial charge in [-0.15, -0.1) is 0 Å². The summed E-state index contributed by atoms with van der Waals surface area (Å²) in [5.41, 5.74) is 0.0542. The summed E-state index contributed by atoms with van der Waals surface area (Å²) in [4.78, 5) is 0. The molecule has 6 nitrogen and oxygen atoms in total. The lowest BCUT2D eigenvalue weighted by molar-refractivity contribution is 0.206. The third-order valence-electron chi connectivity index (χ3n) is 5.58. The van der Waals surface area contributed by atoms with Crippen molar-refractivity contribution in [3.05, 3.63) is 0 Å². The maximum Gasteiger partial charge on any atom is 0.218 e. The van der Waals surface area contributed by atoms with Crippen LogP contribution in [0.1, 0.15) is 38.5 Å². The van der Waals surface area contributed by atoms with Gasteiger partial charge in [-0.2, -0.15) is 8.61 Å². The van der Waals surface area contributed by atoms with Crippen LogP contribution < -0.4 is 0 Å². The minimum Gasteiger partial charge on any atom is -0.212 e. The molecule has 2 heterocycles. The van der Waals surface area contributed by atoms with E-state index in [1.165, 1.54) is 8.61 Å². The monoisotopic (exact) mass is 320 g/mol. The van der Waals surface area contributed by atoms with Gasteiger partial charge in [0.25, 0.3) is 0 Å². The standard InChI is InChI=1S/C12H20N2O4S2/c15-19(16)8-7-14(11-3-1-6-13(11)19)20(17,18)10-9-12(10)4-2-5-12/h10-11H,1-9H2. The van der Waals surface area contributed by atoms with Gasteiger partial charge in [0.05, 0.1) is 17.2 Å². The highest BCUT2D eigenvalue weighted by Crippen LogP contribution is 2.64. The van der Waals surface area contributed by atoms with Crippen molar-refractivity contribution in [2.24, 2.45) is 5.41 Å². The zero-order valence-electron chi connectivity index (χ0n) is 11.4. The van der Waals surface area contributed by atoms with Gasteiger partial charge < -0.3 is 0 Å². The van der Waals surface area contributed by atoms with Gasteiger partial charge in [-0.05, 0) is 37.5 Å². The molecular formula is C12H20N2O4S2. The number of rotatable bonds is 2. The van der Waals surface area contributed by atoms with Crippen LogP contribution in [0.4, 0.5) is 0 Å². The van der Waals surface area contributed by atoms with Crippen LogP contribution in [0.25, 0.3) is 0 Å². The highest BCUT2D eigenvalue weighted by Gasteiger charge is 2.66. The molecular weight excluding hydrogens is 300 g/mol. The number of fused-ring (bicyclic) bond motifs is 1. The Morgan fingerprint density at radius 2 is 1.85 bits per heavy atom. The Labute approximate surface area is 120 Å². The lowest BCUT2D eigenvalue weighted by Crippen LogP contribution is -2.57. The van der Waals surface area contributed by atoms with Crippen LogP contribution in [0, 0.1) is 5.41 Å². The largest absolute Gasteiger partial charge is 0.218 e. The molecule has 4 aliphatic rings. The van der Waals surface area contributed by atoms with Crippen LogP contribution in [-0.2, 0) is 20.0 Å². The summed E-state index contributed by atoms with van der Waals surface area (Å²) in [6.07, 6.45) is 4.91. The summed E-state index contributed by atoms with van der Waals surface area (Å²) in [5, 5.41) is -0.244. The summed E-state index contributed by atoms with van der Waals surface area (Å²) in [6.45, 7) is 0.604. The van der Waals surface area contributed by atoms with Gasteiger partial charge in [0.15, 0.2) is 0 Å². The average molecular weight is 320 g/mol. The fourth-order valence-electron chi connectivity index (χ4n) is 4.16. The maximum absolute atomic E-state index is 12.8. The molecule has 4 rings (SSSR count). The lowest BCUT2D eigenvalue weighted by Gasteiger charge is -2.39. The van der Waals surface area contributed by atoms with E-state index in [-0.39, 0.29) is 23.0 Å². The highest BCUT2D eigenvalue weighted by molar-refractivity contribution is 7.91. The first-order valence-corrected chi connectivity index (χ1v) is 10.5. The van der Waals surface area contributed by atoms with E-state index < -0.39 is 26.2 Å². The van der Waals surface area contributed by atoms with Crippen molar-refractivity contribution in [1.29, 1.82) is 0 Å². The van der Waals surface area contributed by atoms with Crippen LogP contribution in [0.15, 0.2) is 0 Å². The molecule has 0 aromatic carbocycles. The van der Waals surface area contributed by atoms with Crippen molar-refractivity contribution >= 4 is 20.0 Å². The van der Waals surface area contributed by atoms with Crippen molar-refractivity contribution in [1.82, 2.24) is 8.61 Å². The zero-order valence-corrected chi connectivity index (χ0v) is 13.0. The Morgan fingerprint density at radius 1 is 1.10 bits per heavy atom. The molecule has 0 aromatic heterocycles. The molecule has 2 aliphatic carbocycles. The Bertz CT molecular complexity index is 638. The maximum atomic E-state index is 12.8. The third kappa shape index (κ3) is 1.68. The van der Waals surface area contributed by atoms with Gasteiger partial charge in [-0.1, -0.05) is 6.42 Å². The minimum absolute atomic E-state index is 0.0542. The number of hydrogen-bond donors (Lipinski definition) is 0. The molecule has 0 bridgehead atoms. The van der Waals surface area contributed by atoms with E-state index in [0.29, 0.717) is 13.0 Å². The van der Waals surface area contributed by atoms with Crippen molar-refractivity contribution < 1.29 is 16.8 Å². The predicted octanol–water partition coefficient (Wildman–Crippen LogP) is 0.326. The number of sulfonamides is 2. The second kappa shape index (κ2) is 3.97. The predicted molar refractivity (Wildman–Crippen MR) is 73.8 cm³/mol. The molecule has 0 amide bonds. The van der Waals surface area contributed by atoms with Crippen LogP contribution in [-0.4, -0.2) is 55.7 Å². The fourth-order valence-corrected chi connectivity index (χ4v) is 8.63. The number of hydrogen-bond acceptors (Lipinski definition) is 4. The van der Waals surface area contributed by atoms with Gasteiger partial charge >= 0.3 is 0 Å². The van der Waals surface area contributed by atoms with E-state index in [2.05, 4.69) is 0 Å². The number of nitrogens with zero attached hydrogens (tertiary/aromatic N) is 2. The van der Waals surface area contributed by atoms with Crippen molar-refractivity contribution in [2.75, 3.05) is 18.8 Å². The molecule has 0 N–H and O–H groups in total. The first-order valence-electron chi connectivity index (χ1n) is 7.37. The molecule has 114 valence electrons. The summed E-state index contributed by atoms with van der Waals surface area (Å²) in [6, 6.07) is 0. The SMILES string of the molecule is O=S1(=O)CCN(S(=O)(=O)C2CC23CCC3)C2CCCN21. The molecule has 2 saturated carbocycles. The normalized spacial score (nSPS) is 39.4. The van der Waals surface area contributed by atoms with Crippen molar-refractivity contribution in [3.63, 3.8) is 0 Å². The van der Waals surface area contributed by atoms with Gasteiger partial charge in [0.1, 0.15) is 0 Å². The van der Waals surface area contributed by atoms with Crippen LogP contribution in [0.3, 0.4) is 0 Å². The second-order valence-corrected chi connectivity index (χ2v) is 10.7. The topological polar surface area (TPSA) is 74.8 Å². The van der Waals surface area contributed by atoms with E-state index in [9.17, 15) is 16.8 Å². The smallest absolute Gasteiger partial charge is 0.212 e. The Balaban J connectivity index is 1.63. The highest BCUT2D eigenvalue weighted by atomic mass is 32.2. The molecule has 2 unspecified atom stereocenters. The quantitative estimate of drug-likeness (QED) is 0.735. The molecule has 0 radical (unpaired) electrons. The van der Waals surface area contributed by atoms with Gasteiger partial charge in [-0.3, -0.25) is 0 Å². The van der Waals surface area contributed by atoms with Crippen molar-refractivity contribution in [3.8, 4) is 0 Å². The summed E-state index contributed by atoms with van der Waals surface area (Å²) in [5.74, 6) is -0.0670. The van der Waals surface area contributed by atoms with Gasteiger partial charge in [-0.25, -0.2) is 16.8 Å². The molecule has 0 aromatic rings. The van der Waals surface area contributed by atoms with E-state index >= 15 is 0 Å². The van der Waals surface area contributed by atoms with E-state index in [0.717, 1.165) is 32.1 Å². The summed E-state index contributed by atoms with van der Waals surface area (Å²) < 4.78 is 52.6. The molecule has 4 fully saturated rings. The summed E-state index contributed by atoms with van der Waals surface area (Å²) in [7, 11) is -6.59. The summed E-state index contributed by atoms with van der Waals surface area (Å²) >= 11 is 0. The van der Waals surface area contributed by atoms with Crippen molar-refractivity contribution in [2.45, 2.75) is 49.9 Å². The first kappa shape index (κ1) is 13.5. The Hall–Kier alpha value is -0.180. The molecule has 2 saturated heterocycles. The van der Waals surface area contributed by atoms with Crippen LogP contribution in [0.2, 0.25) is 0 Å². The molecule has 2 aliphatic heterocycles. The fraction of sp³-hybridized carbons (Fsp3) is 1.00. The van der Waals surface area contributed by atoms with Crippen LogP contribution >= 0.6 is 0 Å². The second-order valence-electron chi connectivity index (χ2n) is 6.61. The van der Waals surface area contributed by atoms with E-state index in [4.69, 9.17) is 0 Å². The molecule has 20 heavy (non-hydrogen) atoms. The van der Waals surface area contributed by atoms with Gasteiger partial charge in [0, 0.05) is 13.1 Å². The van der Waals surface area contributed by atoms with Gasteiger partial charge in [0.2, 0.25) is 20.0 Å². The zero-order chi connectivity index (χ0) is 14.2. The molecule has 8 heteroatoms. The molecule has 1 spiro atoms. The molecule has 2 atom stereocenters. The Kier molecular flexibility index (Phi) is 2.67. The van der Waals surface area contributed by atoms with E-state index in [1.54, 1.807) is 0 Å². The Morgan fingerprint density at radius 3 is 2.45 bits per heavy atom. The minimum atomic E-state index is -3.33. The average Bonchev–Trinajstić information content (AvgIpc) is 2.93. The first-order chi connectivity index (χ1) is 9.37. The van der Waals surface area contributed by atoms with Crippen LogP contribution in [0.5, 0.6) is 0 Å². The third-order valence-corrected chi connectivity index (χ3v) is 9.89. The van der Waals surface area contributed by atoms with E-state index in [1.807, 2.05) is 0 Å². The lowest BCUT2D eigenvalue weighted by atomic mass is 9.82.